The van der Waals surface area contributed by atoms with E-state index in [-0.39, 0.29) is 0 Å². The predicted molar refractivity (Wildman–Crippen MR) is 249 cm³/mol. The number of fused-ring (bicyclic) bond motifs is 4. The van der Waals surface area contributed by atoms with Gasteiger partial charge in [-0.3, -0.25) is 14.4 Å². The quantitative estimate of drug-likeness (QED) is 0.0626. The number of hydrogen-bond donors (Lipinski definition) is 4. The average molecular weight is 990 g/mol. The Balaban J connectivity index is 0.000000148. The molecule has 356 valence electrons. The zero-order chi connectivity index (χ0) is 49.3. The van der Waals surface area contributed by atoms with Crippen LogP contribution >= 0.6 is 23.2 Å². The molecule has 69 heavy (non-hydrogen) atoms. The number of rotatable bonds is 9. The lowest BCUT2D eigenvalue weighted by molar-refractivity contribution is -0.193. The van der Waals surface area contributed by atoms with Crippen LogP contribution in [-0.2, 0) is 41.8 Å². The molecule has 0 radical (unpaired) electrons. The molecule has 0 aliphatic heterocycles. The second-order valence-electron chi connectivity index (χ2n) is 15.8. The molecule has 0 saturated carbocycles. The van der Waals surface area contributed by atoms with Gasteiger partial charge in [0.2, 0.25) is 0 Å². The molecule has 2 heterocycles. The van der Waals surface area contributed by atoms with E-state index < -0.39 is 23.9 Å². The Kier molecular flexibility index (Phi) is 15.8. The molecule has 2 aliphatic carbocycles. The van der Waals surface area contributed by atoms with Gasteiger partial charge in [0, 0.05) is 36.3 Å². The van der Waals surface area contributed by atoms with Crippen LogP contribution in [0, 0.1) is 0 Å². The highest BCUT2D eigenvalue weighted by molar-refractivity contribution is 6.41. The van der Waals surface area contributed by atoms with Crippen molar-refractivity contribution in [3.8, 4) is 23.0 Å². The standard InChI is InChI=1S/C23H20ClN3O.C14H9ClN2O2.C9H11N.C4F6O2/c24-20-9-15(13-25-18-10-16-3-1-2-4-17(16)11-18)5-8-23(20)28-19-6-7-21-22(12-19)27-14-26-21;15-11-5-9(7-18)1-4-14(11)19-10-2-3-12-13(6-10)17-8-16-12;10-9-5-7-3-1-2-4-8(7)6-9;5-3(6,7)1(11)2(12)4(8,9)10/h1-9,12,14,18,25H,10-11,13H2,(H,26,27);1-8H,(H,16,17);1-4,9H,5-6,10H2;. The fraction of sp³-hybridized carbons (Fsp3) is 0.180. The molecule has 11 nitrogen and oxygen atoms in total. The molecule has 5 N–H and O–H groups in total. The van der Waals surface area contributed by atoms with Gasteiger partial charge in [-0.15, -0.1) is 0 Å². The first-order valence-electron chi connectivity index (χ1n) is 21.0. The number of aromatic nitrogens is 4. The lowest BCUT2D eigenvalue weighted by Gasteiger charge is -2.13. The number of nitrogens with one attached hydrogen (secondary N) is 3. The Morgan fingerprint density at radius 1 is 0.638 bits per heavy atom. The second kappa shape index (κ2) is 21.9. The molecular formula is C50H40Cl2F6N6O5. The number of nitrogens with zero attached hydrogens (tertiary/aromatic N) is 2. The van der Waals surface area contributed by atoms with Crippen molar-refractivity contribution in [3.05, 3.63) is 177 Å². The first-order chi connectivity index (χ1) is 32.9. The van der Waals surface area contributed by atoms with Gasteiger partial charge in [-0.05, 0) is 108 Å². The molecule has 2 aromatic heterocycles. The molecule has 0 saturated heterocycles. The number of Topliss-reactive ketones (excluding diaryl/α,β-unsaturated/α-hetero) is 2. The number of benzene rings is 6. The number of alkyl halides is 6. The lowest BCUT2D eigenvalue weighted by atomic mass is 10.1. The highest BCUT2D eigenvalue weighted by Crippen LogP contribution is 2.33. The molecule has 19 heteroatoms. The van der Waals surface area contributed by atoms with Gasteiger partial charge in [-0.1, -0.05) is 77.8 Å². The number of carbonyl (C=O) groups is 3. The molecule has 2 aliphatic rings. The third-order valence-corrected chi connectivity index (χ3v) is 11.4. The molecule has 0 unspecified atom stereocenters. The molecule has 0 atom stereocenters. The summed E-state index contributed by atoms with van der Waals surface area (Å²) in [7, 11) is 0. The number of nitrogens with two attached hydrogens (primary N) is 1. The zero-order valence-electron chi connectivity index (χ0n) is 36.0. The number of hydrogen-bond acceptors (Lipinski definition) is 9. The maximum absolute atomic E-state index is 11.2. The first kappa shape index (κ1) is 49.8. The van der Waals surface area contributed by atoms with Crippen LogP contribution in [-0.4, -0.2) is 62.2 Å². The predicted octanol–water partition coefficient (Wildman–Crippen LogP) is 11.4. The Hall–Kier alpha value is -7.05. The molecule has 0 amide bonds. The van der Waals surface area contributed by atoms with Crippen molar-refractivity contribution in [1.29, 1.82) is 0 Å². The first-order valence-corrected chi connectivity index (χ1v) is 21.8. The van der Waals surface area contributed by atoms with E-state index in [1.165, 1.54) is 22.3 Å². The van der Waals surface area contributed by atoms with Gasteiger partial charge < -0.3 is 30.5 Å². The average Bonchev–Trinajstić information content (AvgIpc) is 4.15. The number of halogens is 8. The van der Waals surface area contributed by atoms with Crippen LogP contribution in [0.15, 0.2) is 134 Å². The van der Waals surface area contributed by atoms with Crippen LogP contribution in [0.1, 0.15) is 38.2 Å². The van der Waals surface area contributed by atoms with Gasteiger partial charge >= 0.3 is 23.9 Å². The van der Waals surface area contributed by atoms with Gasteiger partial charge in [-0.25, -0.2) is 9.97 Å². The van der Waals surface area contributed by atoms with Crippen molar-refractivity contribution in [2.24, 2.45) is 5.73 Å². The zero-order valence-corrected chi connectivity index (χ0v) is 37.5. The van der Waals surface area contributed by atoms with E-state index in [1.54, 1.807) is 30.9 Å². The summed E-state index contributed by atoms with van der Waals surface area (Å²) < 4.78 is 78.6. The van der Waals surface area contributed by atoms with Crippen molar-refractivity contribution in [1.82, 2.24) is 25.3 Å². The van der Waals surface area contributed by atoms with Crippen molar-refractivity contribution < 1.29 is 50.2 Å². The number of H-pyrrole nitrogens is 2. The smallest absolute Gasteiger partial charge is 0.456 e. The highest BCUT2D eigenvalue weighted by atomic mass is 35.5. The van der Waals surface area contributed by atoms with Crippen LogP contribution in [0.25, 0.3) is 22.1 Å². The number of imidazole rings is 2. The number of ketones is 2. The number of aldehydes is 1. The summed E-state index contributed by atoms with van der Waals surface area (Å²) in [4.78, 5) is 44.3. The topological polar surface area (TPSA) is 165 Å². The minimum Gasteiger partial charge on any atom is -0.456 e. The molecule has 0 spiro atoms. The van der Waals surface area contributed by atoms with Crippen molar-refractivity contribution >= 4 is 63.1 Å². The molecule has 8 aromatic rings. The minimum atomic E-state index is -5.77. The molecular weight excluding hydrogens is 949 g/mol. The van der Waals surface area contributed by atoms with Crippen molar-refractivity contribution in [2.45, 2.75) is 56.7 Å². The van der Waals surface area contributed by atoms with Gasteiger partial charge in [0.05, 0.1) is 44.8 Å². The third kappa shape index (κ3) is 13.4. The fourth-order valence-electron chi connectivity index (χ4n) is 7.44. The van der Waals surface area contributed by atoms with E-state index in [9.17, 15) is 40.7 Å². The number of ether oxygens (including phenoxy) is 2. The van der Waals surface area contributed by atoms with Gasteiger partial charge in [0.1, 0.15) is 29.3 Å². The Bertz CT molecular complexity index is 3030. The van der Waals surface area contributed by atoms with Crippen molar-refractivity contribution in [2.75, 3.05) is 0 Å². The molecule has 6 aromatic carbocycles. The van der Waals surface area contributed by atoms with E-state index in [4.69, 9.17) is 38.4 Å². The van der Waals surface area contributed by atoms with Crippen LogP contribution in [0.5, 0.6) is 23.0 Å². The van der Waals surface area contributed by atoms with E-state index in [0.29, 0.717) is 44.9 Å². The van der Waals surface area contributed by atoms with Gasteiger partial charge in [-0.2, -0.15) is 26.3 Å². The summed E-state index contributed by atoms with van der Waals surface area (Å²) in [6.07, 6.45) is -3.20. The Labute approximate surface area is 400 Å². The molecule has 0 bridgehead atoms. The molecule has 0 fully saturated rings. The number of carbonyl (C=O) groups excluding carboxylic acids is 3. The van der Waals surface area contributed by atoms with Crippen LogP contribution in [0.3, 0.4) is 0 Å². The molecule has 10 rings (SSSR count). The normalized spacial score (nSPS) is 13.2. The highest BCUT2D eigenvalue weighted by Gasteiger charge is 2.54. The summed E-state index contributed by atoms with van der Waals surface area (Å²) in [5.41, 5.74) is 16.8. The summed E-state index contributed by atoms with van der Waals surface area (Å²) in [5.74, 6) is -4.28. The summed E-state index contributed by atoms with van der Waals surface area (Å²) >= 11 is 12.5. The minimum absolute atomic E-state index is 0.373. The monoisotopic (exact) mass is 988 g/mol. The third-order valence-electron chi connectivity index (χ3n) is 10.8. The second-order valence-corrected chi connectivity index (χ2v) is 16.6. The Morgan fingerprint density at radius 3 is 1.52 bits per heavy atom. The van der Waals surface area contributed by atoms with E-state index in [1.807, 2.05) is 48.5 Å². The van der Waals surface area contributed by atoms with Gasteiger partial charge in [0.25, 0.3) is 0 Å². The SMILES string of the molecule is Clc1cc(CNC2Cc3ccccc3C2)ccc1Oc1ccc2nc[nH]c2c1.NC1Cc2ccccc2C1.O=C(C(=O)C(F)(F)F)C(F)(F)F.O=Cc1ccc(Oc2ccc3nc[nH]c3c2)c(Cl)c1. The Morgan fingerprint density at radius 2 is 1.09 bits per heavy atom. The summed E-state index contributed by atoms with van der Waals surface area (Å²) in [6.45, 7) is 0.790. The van der Waals surface area contributed by atoms with Crippen LogP contribution < -0.4 is 20.5 Å². The maximum atomic E-state index is 11.2. The van der Waals surface area contributed by atoms with Crippen LogP contribution in [0.4, 0.5) is 26.3 Å². The number of aromatic amines is 2. The van der Waals surface area contributed by atoms with Crippen LogP contribution in [0.2, 0.25) is 10.0 Å². The lowest BCUT2D eigenvalue weighted by Crippen LogP contribution is -2.39. The van der Waals surface area contributed by atoms with E-state index in [2.05, 4.69) is 79.9 Å². The summed E-state index contributed by atoms with van der Waals surface area (Å²) in [5, 5.41) is 4.66. The van der Waals surface area contributed by atoms with Gasteiger partial charge in [0.15, 0.2) is 0 Å². The van der Waals surface area contributed by atoms with E-state index >= 15 is 0 Å². The van der Waals surface area contributed by atoms with Crippen molar-refractivity contribution in [3.63, 3.8) is 0 Å². The summed E-state index contributed by atoms with van der Waals surface area (Å²) in [6, 6.07) is 40.1. The fourth-order valence-corrected chi connectivity index (χ4v) is 7.91. The maximum Gasteiger partial charge on any atom is 0.458 e. The largest absolute Gasteiger partial charge is 0.458 e. The van der Waals surface area contributed by atoms with E-state index in [0.717, 1.165) is 71.9 Å².